The summed E-state index contributed by atoms with van der Waals surface area (Å²) >= 11 is 10.0. The van der Waals surface area contributed by atoms with Gasteiger partial charge in [0, 0.05) is 0 Å². The minimum atomic E-state index is -0.671. The van der Waals surface area contributed by atoms with E-state index in [9.17, 15) is 4.79 Å². The maximum Gasteiger partial charge on any atom is 1.00 e. The molecule has 5 heteroatoms. The van der Waals surface area contributed by atoms with Crippen LogP contribution in [0.5, 0.6) is 0 Å². The van der Waals surface area contributed by atoms with Crippen LogP contribution >= 0.6 is 23.2 Å². The van der Waals surface area contributed by atoms with Gasteiger partial charge in [0.2, 0.25) is 0 Å². The van der Waals surface area contributed by atoms with Gasteiger partial charge >= 0.3 is 18.9 Å². The quantitative estimate of drug-likeness (QED) is 0.282. The first kappa shape index (κ1) is 12.2. The van der Waals surface area contributed by atoms with Gasteiger partial charge in [0.15, 0.2) is 5.97 Å². The van der Waals surface area contributed by atoms with Gasteiger partial charge in [-0.15, -0.1) is 4.84 Å². The Kier molecular flexibility index (Phi) is 9.01. The molecule has 0 bridgehead atoms. The zero-order valence-corrected chi connectivity index (χ0v) is 6.79. The number of carbonyl (C=O) groups is 1. The van der Waals surface area contributed by atoms with E-state index in [1.54, 1.807) is 6.92 Å². The van der Waals surface area contributed by atoms with Gasteiger partial charge in [0.1, 0.15) is 0 Å². The predicted molar refractivity (Wildman–Crippen MR) is 31.6 cm³/mol. The molecule has 2 nitrogen and oxygen atoms in total. The average molecular weight is 163 g/mol. The van der Waals surface area contributed by atoms with Gasteiger partial charge in [0.25, 0.3) is 0 Å². The van der Waals surface area contributed by atoms with Crippen LogP contribution in [0.2, 0.25) is 0 Å². The smallest absolute Gasteiger partial charge is 0.486 e. The van der Waals surface area contributed by atoms with Crippen molar-refractivity contribution >= 4 is 29.2 Å². The molecule has 0 saturated heterocycles. The average Bonchev–Trinajstić information content (AvgIpc) is 1.67. The molecule has 0 rings (SSSR count). The molecular formula is C4H5Cl2LiO2. The first-order valence-corrected chi connectivity index (χ1v) is 2.79. The van der Waals surface area contributed by atoms with Crippen LogP contribution in [0, 0.1) is 4.84 Å². The van der Waals surface area contributed by atoms with E-state index in [2.05, 4.69) is 4.74 Å². The van der Waals surface area contributed by atoms with Crippen molar-refractivity contribution in [3.63, 3.8) is 0 Å². The van der Waals surface area contributed by atoms with Crippen molar-refractivity contribution in [2.75, 3.05) is 6.61 Å². The summed E-state index contributed by atoms with van der Waals surface area (Å²) in [5.74, 6) is -0.671. The molecule has 0 aliphatic carbocycles. The molecule has 0 aliphatic rings. The first-order valence-electron chi connectivity index (χ1n) is 2.03. The molecule has 0 saturated carbocycles. The molecule has 0 heterocycles. The molecule has 0 fully saturated rings. The summed E-state index contributed by atoms with van der Waals surface area (Å²) in [6, 6.07) is 0. The largest absolute Gasteiger partial charge is 1.00 e. The van der Waals surface area contributed by atoms with Crippen molar-refractivity contribution in [1.29, 1.82) is 0 Å². The van der Waals surface area contributed by atoms with Crippen LogP contribution in [-0.2, 0) is 9.53 Å². The minimum absolute atomic E-state index is 0. The summed E-state index contributed by atoms with van der Waals surface area (Å²) in [5, 5.41) is 0. The van der Waals surface area contributed by atoms with Gasteiger partial charge in [-0.25, -0.2) is 0 Å². The molecule has 0 unspecified atom stereocenters. The summed E-state index contributed by atoms with van der Waals surface area (Å²) in [7, 11) is 0. The Morgan fingerprint density at radius 2 is 2.11 bits per heavy atom. The number of carbonyl (C=O) groups excluding carboxylic acids is 1. The van der Waals surface area contributed by atoms with E-state index in [4.69, 9.17) is 23.2 Å². The summed E-state index contributed by atoms with van der Waals surface area (Å²) in [6.07, 6.45) is 0. The van der Waals surface area contributed by atoms with Crippen molar-refractivity contribution in [1.82, 2.24) is 0 Å². The summed E-state index contributed by atoms with van der Waals surface area (Å²) in [5.41, 5.74) is 0. The topological polar surface area (TPSA) is 26.3 Å². The number of ether oxygens (including phenoxy) is 1. The Balaban J connectivity index is 0. The Morgan fingerprint density at radius 1 is 1.67 bits per heavy atom. The van der Waals surface area contributed by atoms with Crippen LogP contribution in [0.4, 0.5) is 0 Å². The summed E-state index contributed by atoms with van der Waals surface area (Å²) < 4.78 is 4.36. The van der Waals surface area contributed by atoms with E-state index in [-0.39, 0.29) is 23.7 Å². The van der Waals surface area contributed by atoms with Gasteiger partial charge in [-0.3, -0.25) is 28.0 Å². The summed E-state index contributed by atoms with van der Waals surface area (Å²) in [6.45, 7) is 1.97. The summed E-state index contributed by atoms with van der Waals surface area (Å²) in [4.78, 5) is 9.86. The Morgan fingerprint density at radius 3 is 2.22 bits per heavy atom. The van der Waals surface area contributed by atoms with Crippen molar-refractivity contribution < 1.29 is 28.4 Å². The van der Waals surface area contributed by atoms with E-state index in [1.165, 1.54) is 0 Å². The molecule has 0 atom stereocenters. The predicted octanol–water partition coefficient (Wildman–Crippen LogP) is -1.48. The number of hydrogen-bond donors (Lipinski definition) is 0. The normalized spacial score (nSPS) is 7.44. The van der Waals surface area contributed by atoms with Crippen molar-refractivity contribution in [3.8, 4) is 0 Å². The Hall–Kier alpha value is 0.517. The zero-order chi connectivity index (χ0) is 6.57. The van der Waals surface area contributed by atoms with E-state index >= 15 is 0 Å². The molecule has 48 valence electrons. The second-order valence-corrected chi connectivity index (χ2v) is 1.93. The van der Waals surface area contributed by atoms with Crippen molar-refractivity contribution in [2.24, 2.45) is 0 Å². The molecular weight excluding hydrogens is 158 g/mol. The molecule has 0 aliphatic heterocycles. The van der Waals surface area contributed by atoms with Crippen LogP contribution in [-0.4, -0.2) is 12.6 Å². The number of rotatable bonds is 2. The molecule has 0 aromatic heterocycles. The Bertz CT molecular complexity index is 86.6. The van der Waals surface area contributed by atoms with Crippen LogP contribution in [0.15, 0.2) is 0 Å². The molecule has 9 heavy (non-hydrogen) atoms. The van der Waals surface area contributed by atoms with Gasteiger partial charge in [-0.05, 0) is 6.92 Å². The van der Waals surface area contributed by atoms with Gasteiger partial charge in [-0.2, -0.15) is 0 Å². The third kappa shape index (κ3) is 6.40. The second kappa shape index (κ2) is 6.63. The fourth-order valence-electron chi connectivity index (χ4n) is 0.186. The molecule has 0 aromatic carbocycles. The van der Waals surface area contributed by atoms with E-state index < -0.39 is 5.97 Å². The first-order chi connectivity index (χ1) is 3.68. The zero-order valence-electron chi connectivity index (χ0n) is 5.28. The minimum Gasteiger partial charge on any atom is -0.486 e. The third-order valence-electron chi connectivity index (χ3n) is 0.430. The maximum atomic E-state index is 10.2. The molecule has 0 spiro atoms. The second-order valence-electron chi connectivity index (χ2n) is 0.981. The van der Waals surface area contributed by atoms with Crippen LogP contribution in [0.3, 0.4) is 0 Å². The number of hydrogen-bond acceptors (Lipinski definition) is 2. The van der Waals surface area contributed by atoms with Crippen LogP contribution < -0.4 is 18.9 Å². The monoisotopic (exact) mass is 162 g/mol. The van der Waals surface area contributed by atoms with Gasteiger partial charge < -0.3 is 4.74 Å². The number of esters is 1. The Labute approximate surface area is 76.0 Å². The maximum absolute atomic E-state index is 10.2. The number of halogens is 2. The van der Waals surface area contributed by atoms with E-state index in [0.717, 1.165) is 0 Å². The van der Waals surface area contributed by atoms with Crippen LogP contribution in [0.25, 0.3) is 0 Å². The standard InChI is InChI=1S/C4H5Cl2O2.Li/c1-2-8-4(7)3(5)6;/h2H2,1H3;/q-1;+1. The van der Waals surface area contributed by atoms with E-state index in [0.29, 0.717) is 6.61 Å². The van der Waals surface area contributed by atoms with Gasteiger partial charge in [0.05, 0.1) is 6.61 Å². The molecule has 0 radical (unpaired) electrons. The van der Waals surface area contributed by atoms with Crippen molar-refractivity contribution in [3.05, 3.63) is 4.84 Å². The SMILES string of the molecule is CCOC(=O)[C-](Cl)Cl.[Li+]. The molecule has 0 N–H and O–H groups in total. The fourth-order valence-corrected chi connectivity index (χ4v) is 0.295. The van der Waals surface area contributed by atoms with Gasteiger partial charge in [-0.1, -0.05) is 0 Å². The fraction of sp³-hybridized carbons (Fsp3) is 0.500. The van der Waals surface area contributed by atoms with E-state index in [1.807, 2.05) is 0 Å². The van der Waals surface area contributed by atoms with Crippen LogP contribution in [0.1, 0.15) is 6.92 Å². The molecule has 0 aromatic rings. The van der Waals surface area contributed by atoms with Crippen molar-refractivity contribution in [2.45, 2.75) is 6.92 Å². The third-order valence-corrected chi connectivity index (χ3v) is 0.738. The molecule has 0 amide bonds.